The van der Waals surface area contributed by atoms with E-state index in [0.717, 1.165) is 47.3 Å². The molecule has 0 unspecified atom stereocenters. The highest BCUT2D eigenvalue weighted by molar-refractivity contribution is 5.94. The molecule has 1 aromatic carbocycles. The second kappa shape index (κ2) is 4.06. The summed E-state index contributed by atoms with van der Waals surface area (Å²) in [7, 11) is 0. The fourth-order valence-electron chi connectivity index (χ4n) is 2.70. The summed E-state index contributed by atoms with van der Waals surface area (Å²) < 4.78 is 0. The van der Waals surface area contributed by atoms with Crippen molar-refractivity contribution in [2.24, 2.45) is 0 Å². The average molecular weight is 233 g/mol. The molecule has 2 rings (SSSR count). The summed E-state index contributed by atoms with van der Waals surface area (Å²) in [6, 6.07) is 0. The molecule has 1 aromatic rings. The van der Waals surface area contributed by atoms with Gasteiger partial charge in [0.1, 0.15) is 5.75 Å². The van der Waals surface area contributed by atoms with Crippen LogP contribution in [0.25, 0.3) is 0 Å². The summed E-state index contributed by atoms with van der Waals surface area (Å²) in [5, 5.41) is 10.1. The van der Waals surface area contributed by atoms with Gasteiger partial charge < -0.3 is 10.0 Å². The fourth-order valence-corrected chi connectivity index (χ4v) is 2.70. The number of phenols is 1. The van der Waals surface area contributed by atoms with Gasteiger partial charge in [0.15, 0.2) is 0 Å². The number of amides is 1. The molecular weight excluding hydrogens is 214 g/mol. The normalized spacial score (nSPS) is 14.7. The lowest BCUT2D eigenvalue weighted by Gasteiger charge is -2.32. The molecule has 1 aliphatic rings. The second-order valence-electron chi connectivity index (χ2n) is 4.82. The van der Waals surface area contributed by atoms with Crippen LogP contribution >= 0.6 is 0 Å². The van der Waals surface area contributed by atoms with Crippen molar-refractivity contribution >= 4 is 11.6 Å². The number of aromatic hydroxyl groups is 1. The van der Waals surface area contributed by atoms with Crippen LogP contribution in [0.2, 0.25) is 0 Å². The van der Waals surface area contributed by atoms with Gasteiger partial charge in [-0.15, -0.1) is 0 Å². The molecule has 1 amide bonds. The first-order chi connectivity index (χ1) is 7.95. The third-order valence-electron chi connectivity index (χ3n) is 3.83. The summed E-state index contributed by atoms with van der Waals surface area (Å²) in [6.07, 6.45) is 1.91. The summed E-state index contributed by atoms with van der Waals surface area (Å²) >= 11 is 0. The zero-order valence-corrected chi connectivity index (χ0v) is 10.9. The van der Waals surface area contributed by atoms with Crippen molar-refractivity contribution < 1.29 is 9.90 Å². The van der Waals surface area contributed by atoms with E-state index in [2.05, 4.69) is 0 Å². The molecule has 0 atom stereocenters. The predicted octanol–water partition coefficient (Wildman–Crippen LogP) is 2.62. The van der Waals surface area contributed by atoms with Gasteiger partial charge in [-0.2, -0.15) is 0 Å². The molecule has 3 heteroatoms. The number of benzene rings is 1. The van der Waals surface area contributed by atoms with Crippen LogP contribution < -0.4 is 4.90 Å². The number of hydrogen-bond acceptors (Lipinski definition) is 2. The highest BCUT2D eigenvalue weighted by Crippen LogP contribution is 2.40. The Morgan fingerprint density at radius 1 is 1.18 bits per heavy atom. The van der Waals surface area contributed by atoms with E-state index in [0.29, 0.717) is 5.75 Å². The lowest BCUT2D eigenvalue weighted by atomic mass is 9.90. The molecule has 17 heavy (non-hydrogen) atoms. The van der Waals surface area contributed by atoms with E-state index in [-0.39, 0.29) is 5.91 Å². The maximum atomic E-state index is 11.7. The van der Waals surface area contributed by atoms with Gasteiger partial charge in [-0.05, 0) is 55.9 Å². The zero-order chi connectivity index (χ0) is 12.7. The van der Waals surface area contributed by atoms with Crippen LogP contribution in [0.1, 0.15) is 35.6 Å². The molecule has 0 saturated carbocycles. The van der Waals surface area contributed by atoms with E-state index >= 15 is 0 Å². The van der Waals surface area contributed by atoms with Gasteiger partial charge in [-0.25, -0.2) is 0 Å². The first-order valence-corrected chi connectivity index (χ1v) is 6.04. The standard InChI is InChI=1S/C14H19NO2/c1-8-9(2)14(17)10(3)12-6-5-7-15(11(4)16)13(8)12/h17H,5-7H2,1-4H3. The van der Waals surface area contributed by atoms with Crippen molar-refractivity contribution in [3.05, 3.63) is 22.3 Å². The van der Waals surface area contributed by atoms with Crippen LogP contribution in [-0.2, 0) is 11.2 Å². The molecule has 0 aromatic heterocycles. The highest BCUT2D eigenvalue weighted by Gasteiger charge is 2.26. The van der Waals surface area contributed by atoms with E-state index in [1.807, 2.05) is 25.7 Å². The third-order valence-corrected chi connectivity index (χ3v) is 3.83. The number of phenolic OH excluding ortho intramolecular Hbond substituents is 1. The Morgan fingerprint density at radius 2 is 1.82 bits per heavy atom. The van der Waals surface area contributed by atoms with E-state index in [1.165, 1.54) is 0 Å². The smallest absolute Gasteiger partial charge is 0.223 e. The number of carbonyl (C=O) groups is 1. The molecule has 0 bridgehead atoms. The monoisotopic (exact) mass is 233 g/mol. The molecule has 0 saturated heterocycles. The van der Waals surface area contributed by atoms with Gasteiger partial charge in [0.05, 0.1) is 5.69 Å². The quantitative estimate of drug-likeness (QED) is 0.748. The first kappa shape index (κ1) is 12.0. The predicted molar refractivity (Wildman–Crippen MR) is 68.7 cm³/mol. The molecule has 3 nitrogen and oxygen atoms in total. The van der Waals surface area contributed by atoms with Crippen molar-refractivity contribution in [2.75, 3.05) is 11.4 Å². The summed E-state index contributed by atoms with van der Waals surface area (Å²) in [5.41, 5.74) is 4.99. The molecule has 0 fully saturated rings. The number of nitrogens with zero attached hydrogens (tertiary/aromatic N) is 1. The topological polar surface area (TPSA) is 40.5 Å². The largest absolute Gasteiger partial charge is 0.507 e. The van der Waals surface area contributed by atoms with E-state index < -0.39 is 0 Å². The molecule has 1 heterocycles. The maximum Gasteiger partial charge on any atom is 0.223 e. The van der Waals surface area contributed by atoms with Crippen LogP contribution in [0.4, 0.5) is 5.69 Å². The van der Waals surface area contributed by atoms with Crippen LogP contribution in [-0.4, -0.2) is 17.6 Å². The van der Waals surface area contributed by atoms with Gasteiger partial charge >= 0.3 is 0 Å². The van der Waals surface area contributed by atoms with Gasteiger partial charge in [0.25, 0.3) is 0 Å². The van der Waals surface area contributed by atoms with Gasteiger partial charge in [-0.3, -0.25) is 4.79 Å². The lowest BCUT2D eigenvalue weighted by Crippen LogP contribution is -2.34. The fraction of sp³-hybridized carbons (Fsp3) is 0.500. The Labute approximate surface area is 102 Å². The van der Waals surface area contributed by atoms with Crippen molar-refractivity contribution in [1.29, 1.82) is 0 Å². The zero-order valence-electron chi connectivity index (χ0n) is 10.9. The Morgan fingerprint density at radius 3 is 2.41 bits per heavy atom. The van der Waals surface area contributed by atoms with Gasteiger partial charge in [0.2, 0.25) is 5.91 Å². The second-order valence-corrected chi connectivity index (χ2v) is 4.82. The minimum Gasteiger partial charge on any atom is -0.507 e. The third kappa shape index (κ3) is 1.70. The molecule has 1 aliphatic heterocycles. The molecule has 92 valence electrons. The average Bonchev–Trinajstić information content (AvgIpc) is 2.32. The van der Waals surface area contributed by atoms with Crippen LogP contribution in [0, 0.1) is 20.8 Å². The summed E-state index contributed by atoms with van der Waals surface area (Å²) in [4.78, 5) is 13.5. The SMILES string of the molecule is CC(=O)N1CCCc2c(C)c(O)c(C)c(C)c21. The minimum absolute atomic E-state index is 0.0820. The first-order valence-electron chi connectivity index (χ1n) is 6.04. The van der Waals surface area contributed by atoms with Gasteiger partial charge in [0, 0.05) is 13.5 Å². The van der Waals surface area contributed by atoms with Crippen molar-refractivity contribution in [3.8, 4) is 5.75 Å². The van der Waals surface area contributed by atoms with E-state index in [9.17, 15) is 9.90 Å². The highest BCUT2D eigenvalue weighted by atomic mass is 16.3. The van der Waals surface area contributed by atoms with Crippen LogP contribution in [0.3, 0.4) is 0 Å². The molecule has 0 spiro atoms. The number of anilines is 1. The van der Waals surface area contributed by atoms with Crippen molar-refractivity contribution in [2.45, 2.75) is 40.5 Å². The van der Waals surface area contributed by atoms with Gasteiger partial charge in [-0.1, -0.05) is 0 Å². The number of rotatable bonds is 0. The Balaban J connectivity index is 2.73. The Hall–Kier alpha value is -1.51. The number of carbonyl (C=O) groups excluding carboxylic acids is 1. The lowest BCUT2D eigenvalue weighted by molar-refractivity contribution is -0.116. The van der Waals surface area contributed by atoms with E-state index in [4.69, 9.17) is 0 Å². The number of hydrogen-bond donors (Lipinski definition) is 1. The Bertz CT molecular complexity index is 492. The summed E-state index contributed by atoms with van der Waals surface area (Å²) in [5.74, 6) is 0.463. The Kier molecular flexibility index (Phi) is 2.86. The summed E-state index contributed by atoms with van der Waals surface area (Å²) in [6.45, 7) is 8.21. The molecule has 1 N–H and O–H groups in total. The minimum atomic E-state index is 0.0820. The molecular formula is C14H19NO2. The van der Waals surface area contributed by atoms with Crippen LogP contribution in [0.5, 0.6) is 5.75 Å². The van der Waals surface area contributed by atoms with Crippen molar-refractivity contribution in [1.82, 2.24) is 0 Å². The van der Waals surface area contributed by atoms with Crippen LogP contribution in [0.15, 0.2) is 0 Å². The van der Waals surface area contributed by atoms with E-state index in [1.54, 1.807) is 6.92 Å². The van der Waals surface area contributed by atoms with Crippen molar-refractivity contribution in [3.63, 3.8) is 0 Å². The molecule has 0 aliphatic carbocycles. The number of fused-ring (bicyclic) bond motifs is 1. The molecule has 0 radical (unpaired) electrons. The maximum absolute atomic E-state index is 11.7.